The number of hydrogen-bond acceptors (Lipinski definition) is 4. The average molecular weight is 420 g/mol. The number of halogens is 3. The van der Waals surface area contributed by atoms with Crippen molar-refractivity contribution in [1.29, 1.82) is 0 Å². The van der Waals surface area contributed by atoms with Crippen LogP contribution in [0.15, 0.2) is 24.4 Å². The van der Waals surface area contributed by atoms with Crippen molar-refractivity contribution in [1.82, 2.24) is 15.2 Å². The van der Waals surface area contributed by atoms with Crippen LogP contribution in [0.1, 0.15) is 47.3 Å². The number of piperidine rings is 1. The molecule has 6 nitrogen and oxygen atoms in total. The summed E-state index contributed by atoms with van der Waals surface area (Å²) in [5.74, 6) is -3.08. The Bertz CT molecular complexity index is 1060. The van der Waals surface area contributed by atoms with Crippen molar-refractivity contribution in [3.63, 3.8) is 0 Å². The van der Waals surface area contributed by atoms with Gasteiger partial charge in [-0.05, 0) is 31.5 Å². The highest BCUT2D eigenvalue weighted by atomic mass is 35.5. The molecule has 0 radical (unpaired) electrons. The lowest BCUT2D eigenvalue weighted by Gasteiger charge is -2.32. The third kappa shape index (κ3) is 2.98. The zero-order chi connectivity index (χ0) is 20.9. The van der Waals surface area contributed by atoms with Crippen molar-refractivity contribution < 1.29 is 23.2 Å². The molecular formula is C20H16ClF2N3O3. The molecule has 1 fully saturated rings. The first kappa shape index (κ1) is 19.4. The van der Waals surface area contributed by atoms with Gasteiger partial charge >= 0.3 is 0 Å². The third-order valence-corrected chi connectivity index (χ3v) is 5.68. The second kappa shape index (κ2) is 7.18. The summed E-state index contributed by atoms with van der Waals surface area (Å²) in [6.45, 7) is 1.60. The van der Waals surface area contributed by atoms with E-state index in [0.717, 1.165) is 0 Å². The highest BCUT2D eigenvalue weighted by Gasteiger charge is 2.44. The van der Waals surface area contributed by atoms with Crippen LogP contribution in [-0.4, -0.2) is 33.6 Å². The van der Waals surface area contributed by atoms with E-state index in [9.17, 15) is 18.8 Å². The fourth-order valence-corrected chi connectivity index (χ4v) is 4.16. The van der Waals surface area contributed by atoms with Crippen molar-refractivity contribution in [2.75, 3.05) is 0 Å². The van der Waals surface area contributed by atoms with Crippen LogP contribution in [0.4, 0.5) is 8.78 Å². The minimum Gasteiger partial charge on any atom is -0.320 e. The Morgan fingerprint density at radius 1 is 1.17 bits per heavy atom. The van der Waals surface area contributed by atoms with E-state index < -0.39 is 41.4 Å². The predicted octanol–water partition coefficient (Wildman–Crippen LogP) is 3.09. The zero-order valence-corrected chi connectivity index (χ0v) is 16.1. The first-order chi connectivity index (χ1) is 13.8. The van der Waals surface area contributed by atoms with Crippen LogP contribution >= 0.6 is 11.6 Å². The summed E-state index contributed by atoms with van der Waals surface area (Å²) in [4.78, 5) is 41.7. The Morgan fingerprint density at radius 3 is 2.59 bits per heavy atom. The molecule has 0 aliphatic carbocycles. The molecule has 2 aliphatic heterocycles. The van der Waals surface area contributed by atoms with Crippen LogP contribution < -0.4 is 5.32 Å². The summed E-state index contributed by atoms with van der Waals surface area (Å²) >= 11 is 5.72. The number of rotatable bonds is 3. The quantitative estimate of drug-likeness (QED) is 0.612. The van der Waals surface area contributed by atoms with Gasteiger partial charge in [0, 0.05) is 34.9 Å². The lowest BCUT2D eigenvalue weighted by molar-refractivity contribution is -0.137. The fourth-order valence-electron chi connectivity index (χ4n) is 3.96. The number of carbonyl (C=O) groups is 3. The molecule has 2 aliphatic rings. The number of alkyl halides is 1. The fraction of sp³-hybridized carbons (Fsp3) is 0.300. The number of benzene rings is 1. The molecule has 1 aromatic carbocycles. The molecule has 3 heterocycles. The van der Waals surface area contributed by atoms with E-state index in [-0.39, 0.29) is 46.7 Å². The number of imide groups is 1. The molecule has 29 heavy (non-hydrogen) atoms. The first-order valence-corrected chi connectivity index (χ1v) is 9.57. The number of fused-ring (bicyclic) bond motifs is 1. The molecule has 1 aromatic heterocycles. The van der Waals surface area contributed by atoms with Crippen molar-refractivity contribution in [2.45, 2.75) is 37.7 Å². The van der Waals surface area contributed by atoms with Gasteiger partial charge in [0.25, 0.3) is 5.91 Å². The molecular weight excluding hydrogens is 404 g/mol. The maximum atomic E-state index is 15.4. The van der Waals surface area contributed by atoms with Gasteiger partial charge in [0.1, 0.15) is 17.6 Å². The van der Waals surface area contributed by atoms with Gasteiger partial charge in [0.15, 0.2) is 5.82 Å². The number of hydrogen-bond donors (Lipinski definition) is 1. The van der Waals surface area contributed by atoms with Crippen LogP contribution in [-0.2, 0) is 15.5 Å². The summed E-state index contributed by atoms with van der Waals surface area (Å²) in [6.07, 6.45) is 1.60. The van der Waals surface area contributed by atoms with E-state index in [1.54, 1.807) is 6.92 Å². The Hall–Kier alpha value is -2.87. The third-order valence-electron chi connectivity index (χ3n) is 5.39. The SMILES string of the molecule is CC1c2c(ccc(-c3nccc(CCl)c3F)c2F)C(=O)N1C1CCC(=O)NC1=O. The number of nitrogens with zero attached hydrogens (tertiary/aromatic N) is 2. The van der Waals surface area contributed by atoms with E-state index in [4.69, 9.17) is 11.6 Å². The van der Waals surface area contributed by atoms with Crippen molar-refractivity contribution in [3.8, 4) is 11.3 Å². The van der Waals surface area contributed by atoms with Gasteiger partial charge in [0.05, 0.1) is 11.9 Å². The molecule has 150 valence electrons. The second-order valence-corrected chi connectivity index (χ2v) is 7.28. The van der Waals surface area contributed by atoms with Crippen LogP contribution in [0.3, 0.4) is 0 Å². The van der Waals surface area contributed by atoms with Crippen molar-refractivity contribution >= 4 is 29.3 Å². The van der Waals surface area contributed by atoms with Crippen LogP contribution in [0.5, 0.6) is 0 Å². The lowest BCUT2D eigenvalue weighted by atomic mass is 9.98. The molecule has 1 N–H and O–H groups in total. The maximum Gasteiger partial charge on any atom is 0.255 e. The highest BCUT2D eigenvalue weighted by Crippen LogP contribution is 2.41. The van der Waals surface area contributed by atoms with E-state index in [2.05, 4.69) is 10.3 Å². The Morgan fingerprint density at radius 2 is 1.90 bits per heavy atom. The summed E-state index contributed by atoms with van der Waals surface area (Å²) in [7, 11) is 0. The topological polar surface area (TPSA) is 79.4 Å². The molecule has 9 heteroatoms. The molecule has 0 spiro atoms. The molecule has 0 bridgehead atoms. The van der Waals surface area contributed by atoms with E-state index >= 15 is 4.39 Å². The smallest absolute Gasteiger partial charge is 0.255 e. The van der Waals surface area contributed by atoms with Crippen molar-refractivity contribution in [2.24, 2.45) is 0 Å². The van der Waals surface area contributed by atoms with Crippen LogP contribution in [0, 0.1) is 11.6 Å². The summed E-state index contributed by atoms with van der Waals surface area (Å²) < 4.78 is 30.1. The average Bonchev–Trinajstić information content (AvgIpc) is 2.94. The van der Waals surface area contributed by atoms with E-state index in [0.29, 0.717) is 0 Å². The maximum absolute atomic E-state index is 15.4. The van der Waals surface area contributed by atoms with Crippen molar-refractivity contribution in [3.05, 3.63) is 52.7 Å². The number of amides is 3. The number of nitrogens with one attached hydrogen (secondary N) is 1. The molecule has 0 saturated carbocycles. The first-order valence-electron chi connectivity index (χ1n) is 9.03. The highest BCUT2D eigenvalue weighted by molar-refractivity contribution is 6.17. The summed E-state index contributed by atoms with van der Waals surface area (Å²) in [5.41, 5.74) is 0.0958. The van der Waals surface area contributed by atoms with Gasteiger partial charge in [-0.2, -0.15) is 0 Å². The van der Waals surface area contributed by atoms with E-state index in [1.807, 2.05) is 0 Å². The Balaban J connectivity index is 1.77. The second-order valence-electron chi connectivity index (χ2n) is 7.01. The zero-order valence-electron chi connectivity index (χ0n) is 15.3. The molecule has 2 aromatic rings. The van der Waals surface area contributed by atoms with Gasteiger partial charge in [-0.15, -0.1) is 11.6 Å². The minimum absolute atomic E-state index is 0.0784. The van der Waals surface area contributed by atoms with Gasteiger partial charge in [-0.1, -0.05) is 0 Å². The Kier molecular flexibility index (Phi) is 4.82. The Labute approximate surface area is 169 Å². The van der Waals surface area contributed by atoms with Crippen LogP contribution in [0.2, 0.25) is 0 Å². The molecule has 4 rings (SSSR count). The van der Waals surface area contributed by atoms with Crippen LogP contribution in [0.25, 0.3) is 11.3 Å². The molecule has 2 atom stereocenters. The molecule has 1 saturated heterocycles. The molecule has 2 unspecified atom stereocenters. The number of pyridine rings is 1. The number of carbonyl (C=O) groups excluding carboxylic acids is 3. The summed E-state index contributed by atoms with van der Waals surface area (Å²) in [5, 5.41) is 2.21. The lowest BCUT2D eigenvalue weighted by Crippen LogP contribution is -2.53. The van der Waals surface area contributed by atoms with Gasteiger partial charge in [0.2, 0.25) is 11.8 Å². The standard InChI is InChI=1S/C20H16ClF2N3O3/c1-9-15-11(20(29)26(9)13-4-5-14(27)25-19(13)28)2-3-12(17(15)23)18-16(22)10(8-21)6-7-24-18/h2-3,6-7,9,13H,4-5,8H2,1H3,(H,25,27,28). The largest absolute Gasteiger partial charge is 0.320 e. The van der Waals surface area contributed by atoms with Gasteiger partial charge in [-0.3, -0.25) is 24.7 Å². The normalized spacial score (nSPS) is 21.4. The summed E-state index contributed by atoms with van der Waals surface area (Å²) in [6, 6.07) is 2.48. The monoisotopic (exact) mass is 419 g/mol. The van der Waals surface area contributed by atoms with Gasteiger partial charge in [-0.25, -0.2) is 8.78 Å². The molecule has 3 amide bonds. The van der Waals surface area contributed by atoms with E-state index in [1.165, 1.54) is 29.3 Å². The van der Waals surface area contributed by atoms with Gasteiger partial charge < -0.3 is 4.90 Å². The number of aromatic nitrogens is 1. The predicted molar refractivity (Wildman–Crippen MR) is 99.9 cm³/mol. The minimum atomic E-state index is -0.875.